The van der Waals surface area contributed by atoms with Crippen molar-refractivity contribution in [2.24, 2.45) is 5.41 Å². The van der Waals surface area contributed by atoms with Crippen LogP contribution in [0.1, 0.15) is 38.5 Å². The summed E-state index contributed by atoms with van der Waals surface area (Å²) in [6.45, 7) is 2.11. The minimum Gasteiger partial charge on any atom is -0.387 e. The van der Waals surface area contributed by atoms with E-state index in [4.69, 9.17) is 0 Å². The summed E-state index contributed by atoms with van der Waals surface area (Å²) in [6, 6.07) is 11.3. The topological polar surface area (TPSA) is 58.4 Å². The van der Waals surface area contributed by atoms with Gasteiger partial charge in [-0.2, -0.15) is 0 Å². The molecule has 1 aliphatic carbocycles. The lowest BCUT2D eigenvalue weighted by Crippen LogP contribution is -2.62. The van der Waals surface area contributed by atoms with Gasteiger partial charge in [0.1, 0.15) is 0 Å². The van der Waals surface area contributed by atoms with E-state index in [9.17, 15) is 9.90 Å². The Kier molecular flexibility index (Phi) is 4.91. The average Bonchev–Trinajstić information content (AvgIpc) is 2.68. The van der Waals surface area contributed by atoms with Crippen molar-refractivity contribution in [3.8, 4) is 11.3 Å². The average molecular weight is 367 g/mol. The Bertz CT molecular complexity index is 842. The van der Waals surface area contributed by atoms with E-state index in [1.165, 1.54) is 6.42 Å². The van der Waals surface area contributed by atoms with Gasteiger partial charge in [0.05, 0.1) is 24.2 Å². The Morgan fingerprint density at radius 1 is 1.11 bits per heavy atom. The second-order valence-corrected chi connectivity index (χ2v) is 8.47. The summed E-state index contributed by atoms with van der Waals surface area (Å²) in [6.07, 6.45) is 7.96. The van der Waals surface area contributed by atoms with Gasteiger partial charge >= 0.3 is 0 Å². The first-order valence-corrected chi connectivity index (χ1v) is 10.0. The van der Waals surface area contributed by atoms with Gasteiger partial charge in [-0.15, -0.1) is 0 Å². The predicted molar refractivity (Wildman–Crippen MR) is 107 cm³/mol. The van der Waals surface area contributed by atoms with Crippen LogP contribution in [0.2, 0.25) is 0 Å². The van der Waals surface area contributed by atoms with E-state index >= 15 is 0 Å². The molecule has 1 N–H and O–H groups in total. The summed E-state index contributed by atoms with van der Waals surface area (Å²) in [5, 5.41) is 11.7. The zero-order valence-electron chi connectivity index (χ0n) is 16.1. The molecule has 0 radical (unpaired) electrons. The third-order valence-corrected chi connectivity index (χ3v) is 6.66. The SMILES string of the molecule is CN1CCC(O)(Cn2cnc(-c3ccccc3)cc2=O)C2(CCCCC2)C1. The first kappa shape index (κ1) is 18.4. The van der Waals surface area contributed by atoms with Gasteiger partial charge in [0.25, 0.3) is 5.56 Å². The van der Waals surface area contributed by atoms with Crippen LogP contribution in [0.4, 0.5) is 0 Å². The standard InChI is InChI=1S/C22H29N3O2/c1-24-13-12-22(27,21(15-24)10-6-3-7-11-21)16-25-17-23-19(14-20(25)26)18-8-4-2-5-9-18/h2,4-5,8-9,14,17,27H,3,6-7,10-13,15-16H2,1H3. The number of hydrogen-bond acceptors (Lipinski definition) is 4. The van der Waals surface area contributed by atoms with Crippen molar-refractivity contribution in [2.45, 2.75) is 50.7 Å². The highest BCUT2D eigenvalue weighted by molar-refractivity contribution is 5.57. The zero-order chi connectivity index (χ0) is 18.9. The fourth-order valence-corrected chi connectivity index (χ4v) is 5.08. The number of aliphatic hydroxyl groups is 1. The smallest absolute Gasteiger partial charge is 0.253 e. The first-order valence-electron chi connectivity index (χ1n) is 10.0. The van der Waals surface area contributed by atoms with Crippen LogP contribution in [0.25, 0.3) is 11.3 Å². The molecule has 2 fully saturated rings. The van der Waals surface area contributed by atoms with Crippen LogP contribution < -0.4 is 5.56 Å². The third kappa shape index (κ3) is 3.46. The van der Waals surface area contributed by atoms with E-state index in [0.29, 0.717) is 18.7 Å². The largest absolute Gasteiger partial charge is 0.387 e. The number of aromatic nitrogens is 2. The fraction of sp³-hybridized carbons (Fsp3) is 0.545. The molecule has 5 nitrogen and oxygen atoms in total. The summed E-state index contributed by atoms with van der Waals surface area (Å²) in [7, 11) is 2.14. The fourth-order valence-electron chi connectivity index (χ4n) is 5.08. The molecule has 1 aliphatic heterocycles. The molecular formula is C22H29N3O2. The van der Waals surface area contributed by atoms with Crippen molar-refractivity contribution >= 4 is 0 Å². The van der Waals surface area contributed by atoms with Crippen LogP contribution >= 0.6 is 0 Å². The Morgan fingerprint density at radius 2 is 1.85 bits per heavy atom. The maximum Gasteiger partial charge on any atom is 0.253 e. The summed E-state index contributed by atoms with van der Waals surface area (Å²) in [5.41, 5.74) is 0.556. The lowest BCUT2D eigenvalue weighted by molar-refractivity contribution is -0.156. The number of nitrogens with zero attached hydrogens (tertiary/aromatic N) is 3. The molecule has 0 bridgehead atoms. The van der Waals surface area contributed by atoms with Crippen molar-refractivity contribution in [2.75, 3.05) is 20.1 Å². The Morgan fingerprint density at radius 3 is 2.56 bits per heavy atom. The van der Waals surface area contributed by atoms with Crippen molar-refractivity contribution in [3.63, 3.8) is 0 Å². The number of likely N-dealkylation sites (tertiary alicyclic amines) is 1. The second kappa shape index (κ2) is 7.21. The number of rotatable bonds is 3. The van der Waals surface area contributed by atoms with E-state index in [1.54, 1.807) is 17.0 Å². The molecule has 1 aromatic carbocycles. The Hall–Kier alpha value is -1.98. The van der Waals surface area contributed by atoms with Gasteiger partial charge in [-0.1, -0.05) is 49.6 Å². The van der Waals surface area contributed by atoms with Gasteiger partial charge in [0.15, 0.2) is 0 Å². The molecule has 5 heteroatoms. The molecule has 0 amide bonds. The second-order valence-electron chi connectivity index (χ2n) is 8.47. The molecule has 144 valence electrons. The monoisotopic (exact) mass is 367 g/mol. The number of hydrogen-bond donors (Lipinski definition) is 1. The molecule has 2 aliphatic rings. The number of benzene rings is 1. The van der Waals surface area contributed by atoms with Gasteiger partial charge in [-0.25, -0.2) is 4.98 Å². The third-order valence-electron chi connectivity index (χ3n) is 6.66. The van der Waals surface area contributed by atoms with Crippen LogP contribution in [-0.4, -0.2) is 45.3 Å². The maximum absolute atomic E-state index is 12.8. The van der Waals surface area contributed by atoms with Crippen LogP contribution in [-0.2, 0) is 6.54 Å². The quantitative estimate of drug-likeness (QED) is 0.906. The van der Waals surface area contributed by atoms with Crippen molar-refractivity contribution in [1.29, 1.82) is 0 Å². The van der Waals surface area contributed by atoms with Crippen LogP contribution in [0, 0.1) is 5.41 Å². The molecule has 1 saturated carbocycles. The van der Waals surface area contributed by atoms with Crippen molar-refractivity contribution < 1.29 is 5.11 Å². The summed E-state index contributed by atoms with van der Waals surface area (Å²) in [4.78, 5) is 19.6. The van der Waals surface area contributed by atoms with Crippen molar-refractivity contribution in [1.82, 2.24) is 14.5 Å². The molecular weight excluding hydrogens is 338 g/mol. The predicted octanol–water partition coefficient (Wildman–Crippen LogP) is 2.93. The minimum absolute atomic E-state index is 0.0952. The highest BCUT2D eigenvalue weighted by atomic mass is 16.3. The highest BCUT2D eigenvalue weighted by Crippen LogP contribution is 2.49. The van der Waals surface area contributed by atoms with E-state index in [-0.39, 0.29) is 11.0 Å². The molecule has 2 aromatic rings. The van der Waals surface area contributed by atoms with E-state index < -0.39 is 5.60 Å². The van der Waals surface area contributed by atoms with Crippen LogP contribution in [0.15, 0.2) is 47.5 Å². The lowest BCUT2D eigenvalue weighted by atomic mass is 9.60. The molecule has 2 heterocycles. The van der Waals surface area contributed by atoms with Crippen LogP contribution in [0.5, 0.6) is 0 Å². The summed E-state index contributed by atoms with van der Waals surface area (Å²) < 4.78 is 1.61. The Balaban J connectivity index is 1.63. The molecule has 27 heavy (non-hydrogen) atoms. The van der Waals surface area contributed by atoms with Gasteiger partial charge in [-0.3, -0.25) is 9.36 Å². The molecule has 1 atom stereocenters. The molecule has 1 unspecified atom stereocenters. The molecule has 4 rings (SSSR count). The Labute approximate surface area is 160 Å². The minimum atomic E-state index is -0.848. The normalized spacial score (nSPS) is 25.6. The van der Waals surface area contributed by atoms with E-state index in [0.717, 1.165) is 44.3 Å². The molecule has 1 saturated heterocycles. The van der Waals surface area contributed by atoms with E-state index in [2.05, 4.69) is 16.9 Å². The van der Waals surface area contributed by atoms with Gasteiger partial charge in [-0.05, 0) is 26.3 Å². The van der Waals surface area contributed by atoms with Gasteiger partial charge < -0.3 is 10.0 Å². The molecule has 1 aromatic heterocycles. The zero-order valence-corrected chi connectivity index (χ0v) is 16.1. The first-order chi connectivity index (χ1) is 13.0. The summed E-state index contributed by atoms with van der Waals surface area (Å²) >= 11 is 0. The summed E-state index contributed by atoms with van der Waals surface area (Å²) in [5.74, 6) is 0. The van der Waals surface area contributed by atoms with Gasteiger partial charge in [0, 0.05) is 30.1 Å². The maximum atomic E-state index is 12.8. The van der Waals surface area contributed by atoms with Gasteiger partial charge in [0.2, 0.25) is 0 Å². The van der Waals surface area contributed by atoms with E-state index in [1.807, 2.05) is 30.3 Å². The van der Waals surface area contributed by atoms with Crippen molar-refractivity contribution in [3.05, 3.63) is 53.1 Å². The van der Waals surface area contributed by atoms with Crippen LogP contribution in [0.3, 0.4) is 0 Å². The highest BCUT2D eigenvalue weighted by Gasteiger charge is 2.53. The molecule has 1 spiro atoms. The lowest BCUT2D eigenvalue weighted by Gasteiger charge is -2.55. The number of piperidine rings is 1.